The van der Waals surface area contributed by atoms with Gasteiger partial charge in [-0.05, 0) is 26.3 Å². The fourth-order valence-electron chi connectivity index (χ4n) is 2.48. The molecule has 1 aliphatic carbocycles. The van der Waals surface area contributed by atoms with E-state index in [4.69, 9.17) is 4.74 Å². The van der Waals surface area contributed by atoms with Gasteiger partial charge in [-0.2, -0.15) is 0 Å². The van der Waals surface area contributed by atoms with Crippen molar-refractivity contribution in [2.75, 3.05) is 46.4 Å². The molecule has 3 nitrogen and oxygen atoms in total. The molecular weight excluding hydrogens is 200 g/mol. The van der Waals surface area contributed by atoms with Crippen molar-refractivity contribution in [3.05, 3.63) is 12.2 Å². The van der Waals surface area contributed by atoms with Gasteiger partial charge in [0.1, 0.15) is 0 Å². The fourth-order valence-corrected chi connectivity index (χ4v) is 2.48. The largest absolute Gasteiger partial charge is 0.379 e. The van der Waals surface area contributed by atoms with Crippen LogP contribution < -0.4 is 0 Å². The van der Waals surface area contributed by atoms with E-state index in [0.29, 0.717) is 0 Å². The molecule has 0 aromatic carbocycles. The third kappa shape index (κ3) is 3.58. The topological polar surface area (TPSA) is 15.7 Å². The Bertz CT molecular complexity index is 224. The van der Waals surface area contributed by atoms with E-state index in [9.17, 15) is 0 Å². The van der Waals surface area contributed by atoms with Gasteiger partial charge >= 0.3 is 0 Å². The van der Waals surface area contributed by atoms with Gasteiger partial charge in [-0.1, -0.05) is 12.2 Å². The molecule has 2 rings (SSSR count). The van der Waals surface area contributed by atoms with Crippen molar-refractivity contribution in [3.63, 3.8) is 0 Å². The second kappa shape index (κ2) is 6.38. The van der Waals surface area contributed by atoms with E-state index >= 15 is 0 Å². The smallest absolute Gasteiger partial charge is 0.0594 e. The van der Waals surface area contributed by atoms with Crippen LogP contribution in [0.15, 0.2) is 12.2 Å². The van der Waals surface area contributed by atoms with Gasteiger partial charge in [-0.25, -0.2) is 0 Å². The van der Waals surface area contributed by atoms with E-state index in [1.165, 1.54) is 32.4 Å². The van der Waals surface area contributed by atoms with Gasteiger partial charge in [0.05, 0.1) is 13.2 Å². The SMILES string of the molecule is CN(CCN1CCOCC1)C1CC=CCC1. The molecule has 0 aromatic rings. The van der Waals surface area contributed by atoms with Crippen LogP contribution in [-0.4, -0.2) is 62.3 Å². The minimum atomic E-state index is 0.769. The first-order valence-corrected chi connectivity index (χ1v) is 6.51. The third-order valence-corrected chi connectivity index (χ3v) is 3.74. The average molecular weight is 224 g/mol. The molecule has 1 fully saturated rings. The summed E-state index contributed by atoms with van der Waals surface area (Å²) in [6, 6.07) is 0.769. The van der Waals surface area contributed by atoms with E-state index < -0.39 is 0 Å². The molecule has 2 aliphatic rings. The van der Waals surface area contributed by atoms with Crippen molar-refractivity contribution in [1.82, 2.24) is 9.80 Å². The lowest BCUT2D eigenvalue weighted by Gasteiger charge is -2.32. The van der Waals surface area contributed by atoms with Gasteiger partial charge in [0.2, 0.25) is 0 Å². The van der Waals surface area contributed by atoms with Crippen LogP contribution in [0.3, 0.4) is 0 Å². The molecule has 0 N–H and O–H groups in total. The van der Waals surface area contributed by atoms with Crippen molar-refractivity contribution in [1.29, 1.82) is 0 Å². The Labute approximate surface area is 99.1 Å². The lowest BCUT2D eigenvalue weighted by molar-refractivity contribution is 0.0324. The summed E-state index contributed by atoms with van der Waals surface area (Å²) in [6.45, 7) is 6.43. The van der Waals surface area contributed by atoms with Crippen LogP contribution in [0, 0.1) is 0 Å². The summed E-state index contributed by atoms with van der Waals surface area (Å²) in [5, 5.41) is 0. The fraction of sp³-hybridized carbons (Fsp3) is 0.846. The predicted octanol–water partition coefficient (Wildman–Crippen LogP) is 1.36. The van der Waals surface area contributed by atoms with Gasteiger partial charge in [0.15, 0.2) is 0 Å². The lowest BCUT2D eigenvalue weighted by Crippen LogP contribution is -2.43. The third-order valence-electron chi connectivity index (χ3n) is 3.74. The maximum absolute atomic E-state index is 5.36. The number of allylic oxidation sites excluding steroid dienone is 1. The maximum atomic E-state index is 5.36. The highest BCUT2D eigenvalue weighted by Gasteiger charge is 2.16. The van der Waals surface area contributed by atoms with E-state index in [1.807, 2.05) is 0 Å². The van der Waals surface area contributed by atoms with Crippen molar-refractivity contribution >= 4 is 0 Å². The van der Waals surface area contributed by atoms with E-state index in [0.717, 1.165) is 32.3 Å². The van der Waals surface area contributed by atoms with E-state index in [1.54, 1.807) is 0 Å². The Balaban J connectivity index is 1.66. The van der Waals surface area contributed by atoms with Crippen molar-refractivity contribution < 1.29 is 4.74 Å². The number of rotatable bonds is 4. The Hall–Kier alpha value is -0.380. The molecule has 0 aromatic heterocycles. The number of hydrogen-bond donors (Lipinski definition) is 0. The average Bonchev–Trinajstić information content (AvgIpc) is 2.38. The molecule has 0 radical (unpaired) electrons. The molecular formula is C13H24N2O. The summed E-state index contributed by atoms with van der Waals surface area (Å²) in [5.41, 5.74) is 0. The summed E-state index contributed by atoms with van der Waals surface area (Å²) >= 11 is 0. The molecule has 0 bridgehead atoms. The molecule has 16 heavy (non-hydrogen) atoms. The number of likely N-dealkylation sites (N-methyl/N-ethyl adjacent to an activating group) is 1. The summed E-state index contributed by atoms with van der Waals surface area (Å²) in [5.74, 6) is 0. The number of morpholine rings is 1. The number of nitrogens with zero attached hydrogens (tertiary/aromatic N) is 2. The minimum absolute atomic E-state index is 0.769. The molecule has 1 unspecified atom stereocenters. The Morgan fingerprint density at radius 3 is 2.81 bits per heavy atom. The summed E-state index contributed by atoms with van der Waals surface area (Å²) in [4.78, 5) is 5.04. The van der Waals surface area contributed by atoms with Crippen LogP contribution in [0.2, 0.25) is 0 Å². The van der Waals surface area contributed by atoms with Gasteiger partial charge in [-0.3, -0.25) is 4.90 Å². The first-order chi connectivity index (χ1) is 7.86. The van der Waals surface area contributed by atoms with Gasteiger partial charge in [0.25, 0.3) is 0 Å². The van der Waals surface area contributed by atoms with E-state index in [-0.39, 0.29) is 0 Å². The van der Waals surface area contributed by atoms with Gasteiger partial charge in [-0.15, -0.1) is 0 Å². The lowest BCUT2D eigenvalue weighted by atomic mass is 10.0. The van der Waals surface area contributed by atoms with Crippen molar-refractivity contribution in [2.24, 2.45) is 0 Å². The molecule has 92 valence electrons. The van der Waals surface area contributed by atoms with Gasteiger partial charge < -0.3 is 9.64 Å². The van der Waals surface area contributed by atoms with Crippen molar-refractivity contribution in [2.45, 2.75) is 25.3 Å². The number of ether oxygens (including phenoxy) is 1. The second-order valence-corrected chi connectivity index (χ2v) is 4.87. The molecule has 0 amide bonds. The van der Waals surface area contributed by atoms with Crippen LogP contribution in [0.1, 0.15) is 19.3 Å². The first-order valence-electron chi connectivity index (χ1n) is 6.51. The zero-order valence-electron chi connectivity index (χ0n) is 10.4. The van der Waals surface area contributed by atoms with Crippen LogP contribution in [0.25, 0.3) is 0 Å². The highest BCUT2D eigenvalue weighted by atomic mass is 16.5. The summed E-state index contributed by atoms with van der Waals surface area (Å²) in [7, 11) is 2.27. The second-order valence-electron chi connectivity index (χ2n) is 4.87. The maximum Gasteiger partial charge on any atom is 0.0594 e. The Kier molecular flexibility index (Phi) is 4.82. The molecule has 1 aliphatic heterocycles. The summed E-state index contributed by atoms with van der Waals surface area (Å²) < 4.78 is 5.36. The monoisotopic (exact) mass is 224 g/mol. The van der Waals surface area contributed by atoms with E-state index in [2.05, 4.69) is 29.0 Å². The quantitative estimate of drug-likeness (QED) is 0.671. The normalized spacial score (nSPS) is 27.5. The Morgan fingerprint density at radius 1 is 1.31 bits per heavy atom. The zero-order valence-corrected chi connectivity index (χ0v) is 10.4. The van der Waals surface area contributed by atoms with Crippen LogP contribution >= 0.6 is 0 Å². The highest BCUT2D eigenvalue weighted by molar-refractivity contribution is 4.93. The molecule has 0 saturated carbocycles. The molecule has 1 atom stereocenters. The van der Waals surface area contributed by atoms with Crippen LogP contribution in [0.4, 0.5) is 0 Å². The van der Waals surface area contributed by atoms with Crippen LogP contribution in [0.5, 0.6) is 0 Å². The zero-order chi connectivity index (χ0) is 11.2. The first kappa shape index (κ1) is 12.1. The molecule has 1 saturated heterocycles. The number of hydrogen-bond acceptors (Lipinski definition) is 3. The van der Waals surface area contributed by atoms with Gasteiger partial charge in [0, 0.05) is 32.2 Å². The summed E-state index contributed by atoms with van der Waals surface area (Å²) in [6.07, 6.45) is 8.47. The highest BCUT2D eigenvalue weighted by Crippen LogP contribution is 2.15. The minimum Gasteiger partial charge on any atom is -0.379 e. The predicted molar refractivity (Wildman–Crippen MR) is 66.7 cm³/mol. The molecule has 0 spiro atoms. The van der Waals surface area contributed by atoms with Crippen molar-refractivity contribution in [3.8, 4) is 0 Å². The standard InChI is InChI=1S/C13H24N2O/c1-14(13-5-3-2-4-6-13)7-8-15-9-11-16-12-10-15/h2-3,13H,4-12H2,1H3. The molecule has 1 heterocycles. The van der Waals surface area contributed by atoms with Crippen LogP contribution in [-0.2, 0) is 4.74 Å². The molecule has 3 heteroatoms. The Morgan fingerprint density at radius 2 is 2.12 bits per heavy atom.